The van der Waals surface area contributed by atoms with Gasteiger partial charge in [0.1, 0.15) is 5.75 Å². The van der Waals surface area contributed by atoms with Gasteiger partial charge in [-0.05, 0) is 105 Å². The molecular weight excluding hydrogens is 696 g/mol. The number of hydrogen-bond donors (Lipinski definition) is 1. The molecule has 0 unspecified atom stereocenters. The highest BCUT2D eigenvalue weighted by Crippen LogP contribution is 2.47. The molecule has 2 aromatic carbocycles. The maximum atomic E-state index is 13.8. The molecule has 3 aliphatic heterocycles. The molecule has 8 nitrogen and oxygen atoms in total. The molecule has 3 heterocycles. The number of aryl methyl sites for hydroxylation is 1. The molecule has 2 bridgehead atoms. The molecule has 278 valence electrons. The fourth-order valence-electron chi connectivity index (χ4n) is 8.74. The minimum Gasteiger partial charge on any atom is -0.490 e. The maximum Gasteiger partial charge on any atom is 0.264 e. The van der Waals surface area contributed by atoms with Gasteiger partial charge in [0, 0.05) is 61.6 Å². The fourth-order valence-corrected chi connectivity index (χ4v) is 10.2. The molecule has 1 saturated heterocycles. The van der Waals surface area contributed by atoms with Gasteiger partial charge in [0.15, 0.2) is 0 Å². The van der Waals surface area contributed by atoms with E-state index >= 15 is 0 Å². The third kappa shape index (κ3) is 7.82. The number of rotatable bonds is 4. The summed E-state index contributed by atoms with van der Waals surface area (Å²) in [6.07, 6.45) is 9.08. The third-order valence-electron chi connectivity index (χ3n) is 12.3. The number of ether oxygens (including phenoxy) is 2. The van der Waals surface area contributed by atoms with Crippen LogP contribution in [0.1, 0.15) is 80.3 Å². The van der Waals surface area contributed by atoms with E-state index in [0.717, 1.165) is 49.4 Å². The maximum absolute atomic E-state index is 13.8. The van der Waals surface area contributed by atoms with Crippen molar-refractivity contribution in [2.75, 3.05) is 50.8 Å². The summed E-state index contributed by atoms with van der Waals surface area (Å²) in [6, 6.07) is 11.4. The van der Waals surface area contributed by atoms with Crippen molar-refractivity contribution in [2.24, 2.45) is 17.8 Å². The van der Waals surface area contributed by atoms with Crippen molar-refractivity contribution in [3.63, 3.8) is 0 Å². The van der Waals surface area contributed by atoms with Gasteiger partial charge in [-0.25, -0.2) is 21.9 Å². The number of fused-ring (bicyclic) bond motifs is 4. The summed E-state index contributed by atoms with van der Waals surface area (Å²) < 4.78 is 70.0. The number of carbonyl (C=O) groups excluding carboxylic acids is 1. The monoisotopic (exact) mass is 745 g/mol. The number of alkyl halides is 2. The SMILES string of the molecule is C[C@@H]1[C@@H](C)C/C=C/[C@H](OCCN2CCC(F)(F)CC2)[C@@H]2CC[C@H]2CN2C[C@@]3(CCCc4cc(Cl)ccc43)COc3ccc(cc32)C(=O)NS1(=O)=O. The number of benzene rings is 2. The molecule has 7 rings (SSSR count). The number of hydrogen-bond acceptors (Lipinski definition) is 7. The number of likely N-dealkylation sites (tertiary alicyclic amines) is 1. The molecule has 1 N–H and O–H groups in total. The highest BCUT2D eigenvalue weighted by atomic mass is 35.5. The summed E-state index contributed by atoms with van der Waals surface area (Å²) in [5.74, 6) is -2.30. The number of sulfonamides is 1. The van der Waals surface area contributed by atoms with Crippen molar-refractivity contribution in [3.8, 4) is 5.75 Å². The topological polar surface area (TPSA) is 88.2 Å². The van der Waals surface area contributed by atoms with Crippen LogP contribution in [0.3, 0.4) is 0 Å². The van der Waals surface area contributed by atoms with Gasteiger partial charge in [-0.2, -0.15) is 0 Å². The van der Waals surface area contributed by atoms with Crippen molar-refractivity contribution in [2.45, 2.75) is 87.9 Å². The van der Waals surface area contributed by atoms with E-state index < -0.39 is 27.1 Å². The largest absolute Gasteiger partial charge is 0.490 e. The van der Waals surface area contributed by atoms with E-state index in [1.54, 1.807) is 25.1 Å². The van der Waals surface area contributed by atoms with Crippen LogP contribution in [0, 0.1) is 17.8 Å². The highest BCUT2D eigenvalue weighted by molar-refractivity contribution is 7.90. The first-order valence-electron chi connectivity index (χ1n) is 18.6. The van der Waals surface area contributed by atoms with Crippen molar-refractivity contribution in [3.05, 3.63) is 70.3 Å². The first kappa shape index (κ1) is 36.6. The van der Waals surface area contributed by atoms with E-state index in [4.69, 9.17) is 21.1 Å². The van der Waals surface area contributed by atoms with Crippen molar-refractivity contribution in [1.29, 1.82) is 0 Å². The smallest absolute Gasteiger partial charge is 0.264 e. The van der Waals surface area contributed by atoms with E-state index in [1.807, 2.05) is 19.1 Å². The zero-order valence-corrected chi connectivity index (χ0v) is 31.2. The molecule has 12 heteroatoms. The first-order chi connectivity index (χ1) is 24.3. The van der Waals surface area contributed by atoms with E-state index in [2.05, 4.69) is 32.7 Å². The lowest BCUT2D eigenvalue weighted by molar-refractivity contribution is -0.0654. The Balaban J connectivity index is 1.21. The summed E-state index contributed by atoms with van der Waals surface area (Å²) in [5, 5.41) is -0.0926. The summed E-state index contributed by atoms with van der Waals surface area (Å²) in [7, 11) is -3.97. The van der Waals surface area contributed by atoms with Crippen LogP contribution in [-0.4, -0.2) is 82.4 Å². The van der Waals surface area contributed by atoms with E-state index in [-0.39, 0.29) is 41.8 Å². The Morgan fingerprint density at radius 3 is 2.65 bits per heavy atom. The molecule has 2 aromatic rings. The molecule has 1 amide bonds. The average Bonchev–Trinajstić information content (AvgIpc) is 3.23. The number of anilines is 1. The van der Waals surface area contributed by atoms with Gasteiger partial charge < -0.3 is 19.3 Å². The van der Waals surface area contributed by atoms with Crippen molar-refractivity contribution >= 4 is 33.2 Å². The summed E-state index contributed by atoms with van der Waals surface area (Å²) in [5.41, 5.74) is 3.24. The second-order valence-electron chi connectivity index (χ2n) is 15.6. The lowest BCUT2D eigenvalue weighted by atomic mass is 9.68. The normalized spacial score (nSPS) is 32.8. The molecular formula is C39H50ClF2N3O5S. The lowest BCUT2D eigenvalue weighted by Crippen LogP contribution is -2.50. The van der Waals surface area contributed by atoms with E-state index in [0.29, 0.717) is 57.5 Å². The van der Waals surface area contributed by atoms with Crippen LogP contribution in [0.15, 0.2) is 48.6 Å². The predicted molar refractivity (Wildman–Crippen MR) is 196 cm³/mol. The Kier molecular flexibility index (Phi) is 10.5. The van der Waals surface area contributed by atoms with Crippen LogP contribution in [0.25, 0.3) is 0 Å². The minimum atomic E-state index is -3.97. The molecule has 2 fully saturated rings. The van der Waals surface area contributed by atoms with Crippen molar-refractivity contribution in [1.82, 2.24) is 9.62 Å². The zero-order valence-electron chi connectivity index (χ0n) is 29.6. The van der Waals surface area contributed by atoms with Crippen LogP contribution in [0.4, 0.5) is 14.5 Å². The van der Waals surface area contributed by atoms with Crippen molar-refractivity contribution < 1.29 is 31.5 Å². The Labute approximate surface area is 305 Å². The number of amides is 1. The molecule has 1 saturated carbocycles. The van der Waals surface area contributed by atoms with Gasteiger partial charge in [0.05, 0.1) is 30.3 Å². The first-order valence-corrected chi connectivity index (χ1v) is 20.5. The zero-order chi connectivity index (χ0) is 36.0. The van der Waals surface area contributed by atoms with E-state index in [9.17, 15) is 22.0 Å². The summed E-state index contributed by atoms with van der Waals surface area (Å²) in [4.78, 5) is 17.9. The number of nitrogens with zero attached hydrogens (tertiary/aromatic N) is 2. The highest BCUT2D eigenvalue weighted by Gasteiger charge is 2.45. The standard InChI is InChI=1S/C39H50ClF2N3O5S/c1-26-5-3-7-35(49-20-19-44-17-15-39(41,42)16-18-44)32-11-8-30(32)23-45-24-38(14-4-6-28-21-31(40)10-12-33(28)38)25-50-36-13-9-29(22-34(36)45)37(46)43-51(47,48)27(26)2/h3,7,9-10,12-13,21-22,26-27,30,32,35H,4-6,8,11,14-20,23-25H2,1-2H3,(H,43,46)/b7-3+/t26-,27+,30-,32+,35-,38-/m0/s1. The van der Waals surface area contributed by atoms with Crippen LogP contribution < -0.4 is 14.4 Å². The fraction of sp³-hybridized carbons (Fsp3) is 0.615. The van der Waals surface area contributed by atoms with Gasteiger partial charge in [-0.3, -0.25) is 4.79 Å². The number of nitrogens with one attached hydrogen (secondary N) is 1. The quantitative estimate of drug-likeness (QED) is 0.338. The van der Waals surface area contributed by atoms with Crippen LogP contribution in [-0.2, 0) is 26.6 Å². The van der Waals surface area contributed by atoms with Gasteiger partial charge in [-0.1, -0.05) is 36.7 Å². The summed E-state index contributed by atoms with van der Waals surface area (Å²) in [6.45, 7) is 7.13. The second-order valence-corrected chi connectivity index (χ2v) is 18.1. The minimum absolute atomic E-state index is 0.123. The Bertz CT molecular complexity index is 1750. The van der Waals surface area contributed by atoms with Gasteiger partial charge >= 0.3 is 0 Å². The molecule has 6 atom stereocenters. The Hall–Kier alpha value is -2.73. The molecule has 51 heavy (non-hydrogen) atoms. The van der Waals surface area contributed by atoms with Gasteiger partial charge in [0.25, 0.3) is 11.8 Å². The predicted octanol–water partition coefficient (Wildman–Crippen LogP) is 7.00. The molecule has 5 aliphatic rings. The summed E-state index contributed by atoms with van der Waals surface area (Å²) >= 11 is 6.45. The van der Waals surface area contributed by atoms with Gasteiger partial charge in [0.2, 0.25) is 10.0 Å². The van der Waals surface area contributed by atoms with Crippen LogP contribution in [0.2, 0.25) is 5.02 Å². The molecule has 0 radical (unpaired) electrons. The van der Waals surface area contributed by atoms with Crippen LogP contribution in [0.5, 0.6) is 5.75 Å². The Morgan fingerprint density at radius 2 is 1.88 bits per heavy atom. The molecule has 2 aliphatic carbocycles. The number of piperidine rings is 1. The molecule has 0 aromatic heterocycles. The molecule has 1 spiro atoms. The number of carbonyl (C=O) groups is 1. The average molecular weight is 746 g/mol. The van der Waals surface area contributed by atoms with Crippen LogP contribution >= 0.6 is 11.6 Å². The second kappa shape index (κ2) is 14.6. The van der Waals surface area contributed by atoms with Gasteiger partial charge in [-0.15, -0.1) is 0 Å². The Morgan fingerprint density at radius 1 is 1.08 bits per heavy atom. The lowest BCUT2D eigenvalue weighted by Gasteiger charge is -2.46. The van der Waals surface area contributed by atoms with E-state index in [1.165, 1.54) is 11.1 Å². The number of allylic oxidation sites excluding steroid dienone is 1. The number of halogens is 3. The third-order valence-corrected chi connectivity index (χ3v) is 14.5.